The number of nitrogens with one attached hydrogen (secondary N) is 2. The van der Waals surface area contributed by atoms with Gasteiger partial charge in [0.2, 0.25) is 10.0 Å². The number of aryl methyl sites for hydroxylation is 2. The molecule has 39 heavy (non-hydrogen) atoms. The summed E-state index contributed by atoms with van der Waals surface area (Å²) in [6.45, 7) is 3.74. The number of sulfonamides is 1. The molecule has 0 saturated carbocycles. The van der Waals surface area contributed by atoms with Crippen LogP contribution < -0.4 is 15.1 Å². The summed E-state index contributed by atoms with van der Waals surface area (Å²) in [4.78, 5) is 28.7. The number of ether oxygens (including phenoxy) is 1. The van der Waals surface area contributed by atoms with Crippen molar-refractivity contribution in [2.45, 2.75) is 37.6 Å². The molecule has 0 radical (unpaired) electrons. The summed E-state index contributed by atoms with van der Waals surface area (Å²) in [5.74, 6) is -0.921. The Labute approximate surface area is 229 Å². The van der Waals surface area contributed by atoms with Crippen LogP contribution in [0.2, 0.25) is 5.02 Å². The third-order valence-electron chi connectivity index (χ3n) is 6.49. The van der Waals surface area contributed by atoms with Crippen LogP contribution in [0.1, 0.15) is 23.6 Å². The molecule has 0 amide bonds. The van der Waals surface area contributed by atoms with Crippen LogP contribution in [0.3, 0.4) is 0 Å². The fourth-order valence-electron chi connectivity index (χ4n) is 4.44. The fourth-order valence-corrected chi connectivity index (χ4v) is 5.83. The van der Waals surface area contributed by atoms with Crippen LogP contribution in [0.25, 0.3) is 21.9 Å². The highest BCUT2D eigenvalue weighted by atomic mass is 35.5. The molecule has 0 aliphatic heterocycles. The molecule has 0 spiro atoms. The summed E-state index contributed by atoms with van der Waals surface area (Å²) >= 11 is 6.44. The highest BCUT2D eigenvalue weighted by Crippen LogP contribution is 2.32. The van der Waals surface area contributed by atoms with Crippen molar-refractivity contribution in [3.63, 3.8) is 0 Å². The molecule has 2 heterocycles. The number of esters is 1. The number of H-pyrrole nitrogens is 1. The van der Waals surface area contributed by atoms with Crippen molar-refractivity contribution in [2.24, 2.45) is 0 Å². The quantitative estimate of drug-likeness (QED) is 0.150. The van der Waals surface area contributed by atoms with E-state index in [9.17, 15) is 18.0 Å². The van der Waals surface area contributed by atoms with Gasteiger partial charge in [-0.2, -0.15) is 4.72 Å². The second-order valence-electron chi connectivity index (χ2n) is 9.19. The Hall–Kier alpha value is -3.92. The van der Waals surface area contributed by atoms with Crippen molar-refractivity contribution in [1.82, 2.24) is 9.71 Å². The Kier molecular flexibility index (Phi) is 7.31. The lowest BCUT2D eigenvalue weighted by molar-refractivity contribution is -0.136. The molecule has 2 N–H and O–H groups in total. The molecule has 10 heteroatoms. The fraction of sp³-hybridized carbons (Fsp3) is 0.172. The lowest BCUT2D eigenvalue weighted by atomic mass is 10.1. The van der Waals surface area contributed by atoms with Crippen molar-refractivity contribution in [3.8, 4) is 5.75 Å². The van der Waals surface area contributed by atoms with E-state index >= 15 is 0 Å². The summed E-state index contributed by atoms with van der Waals surface area (Å²) in [5, 5.41) is 1.59. The van der Waals surface area contributed by atoms with E-state index in [0.717, 1.165) is 27.6 Å². The summed E-state index contributed by atoms with van der Waals surface area (Å²) in [6, 6.07) is 16.8. The molecule has 2 aromatic heterocycles. The molecule has 0 saturated heterocycles. The van der Waals surface area contributed by atoms with Gasteiger partial charge in [0, 0.05) is 41.0 Å². The van der Waals surface area contributed by atoms with Gasteiger partial charge in [-0.3, -0.25) is 0 Å². The molecule has 5 rings (SSSR count). The third kappa shape index (κ3) is 5.61. The molecule has 1 atom stereocenters. The minimum absolute atomic E-state index is 0.00814. The number of benzene rings is 3. The van der Waals surface area contributed by atoms with Crippen molar-refractivity contribution in [3.05, 3.63) is 105 Å². The molecule has 0 fully saturated rings. The van der Waals surface area contributed by atoms with E-state index in [-0.39, 0.29) is 27.7 Å². The first-order chi connectivity index (χ1) is 18.6. The smallest absolute Gasteiger partial charge is 0.336 e. The van der Waals surface area contributed by atoms with Crippen LogP contribution in [0.5, 0.6) is 5.75 Å². The van der Waals surface area contributed by atoms with E-state index in [1.807, 2.05) is 38.1 Å². The zero-order chi connectivity index (χ0) is 27.7. The normalized spacial score (nSPS) is 12.6. The average molecular weight is 565 g/mol. The van der Waals surface area contributed by atoms with Crippen molar-refractivity contribution in [2.75, 3.05) is 0 Å². The Bertz CT molecular complexity index is 1860. The van der Waals surface area contributed by atoms with Gasteiger partial charge >= 0.3 is 11.6 Å². The average Bonchev–Trinajstić information content (AvgIpc) is 3.31. The van der Waals surface area contributed by atoms with Crippen LogP contribution in [0.15, 0.2) is 87.0 Å². The molecule has 0 aliphatic rings. The van der Waals surface area contributed by atoms with Gasteiger partial charge in [0.05, 0.1) is 9.92 Å². The van der Waals surface area contributed by atoms with Crippen LogP contribution in [0.4, 0.5) is 0 Å². The van der Waals surface area contributed by atoms with Crippen molar-refractivity contribution < 1.29 is 22.4 Å². The number of carbonyl (C=O) groups is 1. The van der Waals surface area contributed by atoms with Crippen LogP contribution >= 0.6 is 11.6 Å². The van der Waals surface area contributed by atoms with Gasteiger partial charge in [-0.25, -0.2) is 18.0 Å². The van der Waals surface area contributed by atoms with E-state index in [2.05, 4.69) is 9.71 Å². The van der Waals surface area contributed by atoms with E-state index in [1.54, 1.807) is 24.4 Å². The lowest BCUT2D eigenvalue weighted by Gasteiger charge is -2.18. The summed E-state index contributed by atoms with van der Waals surface area (Å²) in [7, 11) is -4.08. The van der Waals surface area contributed by atoms with E-state index in [4.69, 9.17) is 20.8 Å². The summed E-state index contributed by atoms with van der Waals surface area (Å²) < 4.78 is 39.9. The monoisotopic (exact) mass is 564 g/mol. The Morgan fingerprint density at radius 2 is 1.79 bits per heavy atom. The van der Waals surface area contributed by atoms with E-state index < -0.39 is 27.7 Å². The summed E-state index contributed by atoms with van der Waals surface area (Å²) in [5.41, 5.74) is 2.88. The molecule has 8 nitrogen and oxygen atoms in total. The third-order valence-corrected chi connectivity index (χ3v) is 8.27. The maximum atomic E-state index is 13.5. The first-order valence-corrected chi connectivity index (χ1v) is 14.1. The maximum absolute atomic E-state index is 13.5. The molecular weight excluding hydrogens is 540 g/mol. The second kappa shape index (κ2) is 10.7. The number of carbonyl (C=O) groups excluding carboxylic acids is 1. The Morgan fingerprint density at radius 3 is 2.54 bits per heavy atom. The number of aromatic amines is 1. The minimum atomic E-state index is -4.08. The molecule has 5 aromatic rings. The lowest BCUT2D eigenvalue weighted by Crippen LogP contribution is -2.44. The SMILES string of the molecule is CCc1cc(=O)oc2cc(OC(=O)C(Cc3c[nH]c4ccccc34)NS(=O)(=O)c3ccc(C)cc3)c(Cl)cc12. The number of fused-ring (bicyclic) bond motifs is 2. The number of hydrogen-bond donors (Lipinski definition) is 2. The van der Waals surface area contributed by atoms with Gasteiger partial charge < -0.3 is 14.1 Å². The van der Waals surface area contributed by atoms with Gasteiger partial charge in [-0.1, -0.05) is 54.4 Å². The molecule has 0 aliphatic carbocycles. The van der Waals surface area contributed by atoms with Crippen LogP contribution in [-0.4, -0.2) is 25.4 Å². The maximum Gasteiger partial charge on any atom is 0.336 e. The van der Waals surface area contributed by atoms with Crippen LogP contribution in [-0.2, 0) is 27.7 Å². The number of hydrogen-bond acceptors (Lipinski definition) is 6. The van der Waals surface area contributed by atoms with E-state index in [0.29, 0.717) is 11.8 Å². The molecule has 200 valence electrons. The van der Waals surface area contributed by atoms with Gasteiger partial charge in [-0.15, -0.1) is 0 Å². The number of rotatable bonds is 8. The van der Waals surface area contributed by atoms with Crippen molar-refractivity contribution in [1.29, 1.82) is 0 Å². The van der Waals surface area contributed by atoms with Crippen molar-refractivity contribution >= 4 is 49.5 Å². The largest absolute Gasteiger partial charge is 0.424 e. The molecular formula is C29H25ClN2O6S. The van der Waals surface area contributed by atoms with Gasteiger partial charge in [0.15, 0.2) is 5.75 Å². The number of para-hydroxylation sites is 1. The highest BCUT2D eigenvalue weighted by molar-refractivity contribution is 7.89. The van der Waals surface area contributed by atoms with E-state index in [1.165, 1.54) is 24.3 Å². The predicted octanol–water partition coefficient (Wildman–Crippen LogP) is 5.29. The summed E-state index contributed by atoms with van der Waals surface area (Å²) in [6.07, 6.45) is 2.31. The second-order valence-corrected chi connectivity index (χ2v) is 11.3. The van der Waals surface area contributed by atoms with Crippen LogP contribution in [0, 0.1) is 6.92 Å². The highest BCUT2D eigenvalue weighted by Gasteiger charge is 2.29. The number of halogens is 1. The first-order valence-electron chi connectivity index (χ1n) is 12.3. The molecule has 0 bridgehead atoms. The Balaban J connectivity index is 1.51. The number of aromatic nitrogens is 1. The van der Waals surface area contributed by atoms with Gasteiger partial charge in [0.1, 0.15) is 11.6 Å². The zero-order valence-electron chi connectivity index (χ0n) is 21.2. The Morgan fingerprint density at radius 1 is 1.05 bits per heavy atom. The minimum Gasteiger partial charge on any atom is -0.424 e. The van der Waals surface area contributed by atoms with Gasteiger partial charge in [0.25, 0.3) is 0 Å². The standard InChI is InChI=1S/C29H25ClN2O6S/c1-3-18-13-28(33)37-26-15-27(23(30)14-22(18)26)38-29(34)25(12-19-16-31-24-7-5-4-6-21(19)24)32-39(35,36)20-10-8-17(2)9-11-20/h4-11,13-16,25,31-32H,3,12H2,1-2H3. The first kappa shape index (κ1) is 26.7. The topological polar surface area (TPSA) is 118 Å². The zero-order valence-corrected chi connectivity index (χ0v) is 22.7. The molecule has 1 unspecified atom stereocenters. The van der Waals surface area contributed by atoms with Gasteiger partial charge in [-0.05, 0) is 48.7 Å². The predicted molar refractivity (Wildman–Crippen MR) is 150 cm³/mol. The molecule has 3 aromatic carbocycles.